The van der Waals surface area contributed by atoms with Gasteiger partial charge in [-0.3, -0.25) is 4.98 Å². The zero-order valence-corrected chi connectivity index (χ0v) is 9.70. The molecule has 0 aliphatic rings. The molecule has 0 amide bonds. The van der Waals surface area contributed by atoms with E-state index in [1.165, 1.54) is 0 Å². The highest BCUT2D eigenvalue weighted by molar-refractivity contribution is 5.47. The van der Waals surface area contributed by atoms with Crippen LogP contribution in [0.25, 0.3) is 0 Å². The molecule has 0 bridgehead atoms. The third kappa shape index (κ3) is 3.49. The van der Waals surface area contributed by atoms with Gasteiger partial charge in [0.05, 0.1) is 17.9 Å². The van der Waals surface area contributed by atoms with Gasteiger partial charge in [0.25, 0.3) is 0 Å². The van der Waals surface area contributed by atoms with Crippen LogP contribution in [0.3, 0.4) is 0 Å². The van der Waals surface area contributed by atoms with Crippen LogP contribution in [0.15, 0.2) is 12.1 Å². The minimum Gasteiger partial charge on any atom is -0.378 e. The fraction of sp³-hybridized carbons (Fsp3) is 0.545. The molecule has 0 unspecified atom stereocenters. The molecule has 84 valence electrons. The van der Waals surface area contributed by atoms with Crippen molar-refractivity contribution < 1.29 is 9.47 Å². The predicted octanol–water partition coefficient (Wildman–Crippen LogP) is 1.73. The number of pyridine rings is 1. The van der Waals surface area contributed by atoms with Crippen LogP contribution in [-0.4, -0.2) is 32.0 Å². The molecule has 1 aromatic rings. The van der Waals surface area contributed by atoms with Crippen molar-refractivity contribution in [1.82, 2.24) is 4.98 Å². The number of hydrogen-bond donors (Lipinski definition) is 1. The lowest BCUT2D eigenvalue weighted by atomic mass is 10.3. The molecule has 1 rings (SSSR count). The highest BCUT2D eigenvalue weighted by Crippen LogP contribution is 2.12. The lowest BCUT2D eigenvalue weighted by Crippen LogP contribution is -2.24. The fourth-order valence-corrected chi connectivity index (χ4v) is 1.33. The minimum absolute atomic E-state index is 0.231. The van der Waals surface area contributed by atoms with E-state index in [0.717, 1.165) is 17.1 Å². The number of methoxy groups -OCH3 is 2. The number of aromatic nitrogens is 1. The summed E-state index contributed by atoms with van der Waals surface area (Å²) in [4.78, 5) is 4.36. The molecule has 1 N–H and O–H groups in total. The number of anilines is 1. The Bertz CT molecular complexity index is 311. The highest BCUT2D eigenvalue weighted by Gasteiger charge is 2.05. The smallest absolute Gasteiger partial charge is 0.173 e. The van der Waals surface area contributed by atoms with Gasteiger partial charge in [0, 0.05) is 19.9 Å². The van der Waals surface area contributed by atoms with Gasteiger partial charge in [0.15, 0.2) is 6.29 Å². The van der Waals surface area contributed by atoms with E-state index < -0.39 is 0 Å². The standard InChI is InChI=1S/C11H18N2O2/c1-8-5-6-10(9(2)13-8)12-7-11(14-3)15-4/h5-6,11-12H,7H2,1-4H3. The van der Waals surface area contributed by atoms with Gasteiger partial charge in [0.2, 0.25) is 0 Å². The lowest BCUT2D eigenvalue weighted by Gasteiger charge is -2.15. The van der Waals surface area contributed by atoms with E-state index >= 15 is 0 Å². The van der Waals surface area contributed by atoms with Gasteiger partial charge in [0.1, 0.15) is 0 Å². The van der Waals surface area contributed by atoms with E-state index in [4.69, 9.17) is 9.47 Å². The molecule has 4 nitrogen and oxygen atoms in total. The summed E-state index contributed by atoms with van der Waals surface area (Å²) in [6.45, 7) is 4.56. The monoisotopic (exact) mass is 210 g/mol. The van der Waals surface area contributed by atoms with Crippen molar-refractivity contribution in [2.45, 2.75) is 20.1 Å². The second-order valence-corrected chi connectivity index (χ2v) is 3.37. The Hall–Kier alpha value is -1.13. The highest BCUT2D eigenvalue weighted by atomic mass is 16.7. The first-order valence-corrected chi connectivity index (χ1v) is 4.91. The lowest BCUT2D eigenvalue weighted by molar-refractivity contribution is -0.0914. The first-order valence-electron chi connectivity index (χ1n) is 4.91. The van der Waals surface area contributed by atoms with Crippen LogP contribution in [0, 0.1) is 13.8 Å². The van der Waals surface area contributed by atoms with Crippen molar-refractivity contribution in [3.05, 3.63) is 23.5 Å². The number of aryl methyl sites for hydroxylation is 2. The summed E-state index contributed by atoms with van der Waals surface area (Å²) in [5.74, 6) is 0. The van der Waals surface area contributed by atoms with Crippen LogP contribution in [0.2, 0.25) is 0 Å². The molecule has 0 spiro atoms. The average molecular weight is 210 g/mol. The normalized spacial score (nSPS) is 10.7. The minimum atomic E-state index is -0.231. The summed E-state index contributed by atoms with van der Waals surface area (Å²) < 4.78 is 10.2. The third-order valence-electron chi connectivity index (χ3n) is 2.21. The molecule has 0 aromatic carbocycles. The first-order chi connectivity index (χ1) is 7.17. The van der Waals surface area contributed by atoms with Gasteiger partial charge in [-0.2, -0.15) is 0 Å². The Kier molecular flexibility index (Phi) is 4.52. The third-order valence-corrected chi connectivity index (χ3v) is 2.21. The van der Waals surface area contributed by atoms with Gasteiger partial charge in [-0.1, -0.05) is 0 Å². The van der Waals surface area contributed by atoms with Crippen LogP contribution >= 0.6 is 0 Å². The van der Waals surface area contributed by atoms with Crippen molar-refractivity contribution in [2.75, 3.05) is 26.1 Å². The topological polar surface area (TPSA) is 43.4 Å². The van der Waals surface area contributed by atoms with E-state index in [2.05, 4.69) is 10.3 Å². The van der Waals surface area contributed by atoms with Crippen molar-refractivity contribution in [2.24, 2.45) is 0 Å². The molecular formula is C11H18N2O2. The molecule has 15 heavy (non-hydrogen) atoms. The zero-order chi connectivity index (χ0) is 11.3. The Morgan fingerprint density at radius 1 is 1.27 bits per heavy atom. The summed E-state index contributed by atoms with van der Waals surface area (Å²) in [6, 6.07) is 3.99. The number of nitrogens with zero attached hydrogens (tertiary/aromatic N) is 1. The molecule has 0 fully saturated rings. The van der Waals surface area contributed by atoms with E-state index in [1.54, 1.807) is 14.2 Å². The van der Waals surface area contributed by atoms with Crippen LogP contribution in [-0.2, 0) is 9.47 Å². The van der Waals surface area contributed by atoms with Crippen LogP contribution in [0.4, 0.5) is 5.69 Å². The molecule has 1 heterocycles. The van der Waals surface area contributed by atoms with Crippen LogP contribution < -0.4 is 5.32 Å². The van der Waals surface area contributed by atoms with Gasteiger partial charge in [-0.25, -0.2) is 0 Å². The molecule has 4 heteroatoms. The Balaban J connectivity index is 2.57. The van der Waals surface area contributed by atoms with E-state index in [9.17, 15) is 0 Å². The van der Waals surface area contributed by atoms with Gasteiger partial charge in [-0.15, -0.1) is 0 Å². The van der Waals surface area contributed by atoms with Crippen molar-refractivity contribution >= 4 is 5.69 Å². The Morgan fingerprint density at radius 2 is 1.93 bits per heavy atom. The number of hydrogen-bond acceptors (Lipinski definition) is 4. The first kappa shape index (κ1) is 11.9. The van der Waals surface area contributed by atoms with Crippen LogP contribution in [0.1, 0.15) is 11.4 Å². The zero-order valence-electron chi connectivity index (χ0n) is 9.70. The van der Waals surface area contributed by atoms with Crippen molar-refractivity contribution in [3.8, 4) is 0 Å². The molecule has 0 aliphatic carbocycles. The second-order valence-electron chi connectivity index (χ2n) is 3.37. The van der Waals surface area contributed by atoms with E-state index in [1.807, 2.05) is 26.0 Å². The molecule has 0 saturated carbocycles. The van der Waals surface area contributed by atoms with Gasteiger partial charge < -0.3 is 14.8 Å². The van der Waals surface area contributed by atoms with E-state index in [0.29, 0.717) is 6.54 Å². The van der Waals surface area contributed by atoms with Crippen molar-refractivity contribution in [3.63, 3.8) is 0 Å². The number of nitrogens with one attached hydrogen (secondary N) is 1. The fourth-order valence-electron chi connectivity index (χ4n) is 1.33. The van der Waals surface area contributed by atoms with Gasteiger partial charge in [-0.05, 0) is 26.0 Å². The number of ether oxygens (including phenoxy) is 2. The summed E-state index contributed by atoms with van der Waals surface area (Å²) in [5.41, 5.74) is 3.02. The maximum Gasteiger partial charge on any atom is 0.173 e. The van der Waals surface area contributed by atoms with Crippen molar-refractivity contribution in [1.29, 1.82) is 0 Å². The molecule has 0 aliphatic heterocycles. The second kappa shape index (κ2) is 5.68. The quantitative estimate of drug-likeness (QED) is 0.752. The Labute approximate surface area is 90.6 Å². The average Bonchev–Trinajstić information content (AvgIpc) is 2.22. The summed E-state index contributed by atoms with van der Waals surface area (Å²) in [6.07, 6.45) is -0.231. The predicted molar refractivity (Wildman–Crippen MR) is 60.0 cm³/mol. The molecule has 0 atom stereocenters. The summed E-state index contributed by atoms with van der Waals surface area (Å²) in [5, 5.41) is 3.23. The molecule has 0 radical (unpaired) electrons. The summed E-state index contributed by atoms with van der Waals surface area (Å²) >= 11 is 0. The maximum absolute atomic E-state index is 5.08. The molecule has 1 aromatic heterocycles. The molecule has 0 saturated heterocycles. The summed E-state index contributed by atoms with van der Waals surface area (Å²) in [7, 11) is 3.24. The maximum atomic E-state index is 5.08. The van der Waals surface area contributed by atoms with E-state index in [-0.39, 0.29) is 6.29 Å². The van der Waals surface area contributed by atoms with Crippen LogP contribution in [0.5, 0.6) is 0 Å². The largest absolute Gasteiger partial charge is 0.378 e. The SMILES string of the molecule is COC(CNc1ccc(C)nc1C)OC. The number of rotatable bonds is 5. The Morgan fingerprint density at radius 3 is 2.47 bits per heavy atom. The van der Waals surface area contributed by atoms with Gasteiger partial charge >= 0.3 is 0 Å². The molecular weight excluding hydrogens is 192 g/mol.